The van der Waals surface area contributed by atoms with Crippen LogP contribution < -0.4 is 0 Å². The Morgan fingerprint density at radius 1 is 1.30 bits per heavy atom. The quantitative estimate of drug-likeness (QED) is 0.638. The molecule has 6 heteroatoms. The molecule has 1 amide bonds. The van der Waals surface area contributed by atoms with Crippen molar-refractivity contribution in [1.82, 2.24) is 9.88 Å². The molecule has 3 heterocycles. The lowest BCUT2D eigenvalue weighted by atomic mass is 9.98. The van der Waals surface area contributed by atoms with Gasteiger partial charge in [-0.25, -0.2) is 4.98 Å². The molecule has 0 spiro atoms. The lowest BCUT2D eigenvalue weighted by Crippen LogP contribution is -2.38. The van der Waals surface area contributed by atoms with Crippen LogP contribution in [0.2, 0.25) is 0 Å². The number of halogens is 1. The van der Waals surface area contributed by atoms with Crippen molar-refractivity contribution in [2.24, 2.45) is 0 Å². The molecule has 0 saturated carbocycles. The van der Waals surface area contributed by atoms with Crippen LogP contribution in [0.4, 0.5) is 0 Å². The van der Waals surface area contributed by atoms with E-state index in [0.29, 0.717) is 22.9 Å². The molecule has 1 atom stereocenters. The molecule has 4 rings (SSSR count). The molecule has 2 aromatic heterocycles. The van der Waals surface area contributed by atoms with Gasteiger partial charge >= 0.3 is 0 Å². The first-order valence-corrected chi connectivity index (χ1v) is 9.22. The first-order valence-electron chi connectivity index (χ1n) is 7.61. The summed E-state index contributed by atoms with van der Waals surface area (Å²) >= 11 is 4.98. The highest BCUT2D eigenvalue weighted by atomic mass is 79.9. The summed E-state index contributed by atoms with van der Waals surface area (Å²) in [5.74, 6) is 0.659. The van der Waals surface area contributed by atoms with Gasteiger partial charge in [-0.05, 0) is 53.0 Å². The lowest BCUT2D eigenvalue weighted by molar-refractivity contribution is 0.0673. The number of hydrogen-bond donors (Lipinski definition) is 0. The van der Waals surface area contributed by atoms with Crippen LogP contribution in [0.15, 0.2) is 45.5 Å². The van der Waals surface area contributed by atoms with E-state index in [9.17, 15) is 4.79 Å². The minimum Gasteiger partial charge on any atom is -0.444 e. The van der Waals surface area contributed by atoms with Crippen molar-refractivity contribution in [2.45, 2.75) is 18.8 Å². The summed E-state index contributed by atoms with van der Waals surface area (Å²) in [6.07, 6.45) is 2.07. The topological polar surface area (TPSA) is 46.3 Å². The van der Waals surface area contributed by atoms with Gasteiger partial charge in [0.05, 0.1) is 15.2 Å². The molecule has 0 N–H and O–H groups in total. The molecule has 0 radical (unpaired) electrons. The number of furan rings is 1. The van der Waals surface area contributed by atoms with E-state index >= 15 is 0 Å². The summed E-state index contributed by atoms with van der Waals surface area (Å²) in [7, 11) is 0. The van der Waals surface area contributed by atoms with Gasteiger partial charge in [0.25, 0.3) is 5.91 Å². The third kappa shape index (κ3) is 2.93. The van der Waals surface area contributed by atoms with Crippen molar-refractivity contribution in [3.8, 4) is 0 Å². The highest BCUT2D eigenvalue weighted by molar-refractivity contribution is 9.10. The van der Waals surface area contributed by atoms with Crippen molar-refractivity contribution in [3.63, 3.8) is 0 Å². The lowest BCUT2D eigenvalue weighted by Gasteiger charge is -2.31. The predicted octanol–water partition coefficient (Wildman–Crippen LogP) is 4.67. The number of hydrogen-bond acceptors (Lipinski definition) is 4. The van der Waals surface area contributed by atoms with E-state index in [1.165, 1.54) is 4.70 Å². The number of fused-ring (bicyclic) bond motifs is 1. The average Bonchev–Trinajstić information content (AvgIpc) is 3.20. The van der Waals surface area contributed by atoms with E-state index in [0.717, 1.165) is 29.9 Å². The molecule has 0 unspecified atom stereocenters. The summed E-state index contributed by atoms with van der Waals surface area (Å²) < 4.78 is 7.19. The van der Waals surface area contributed by atoms with Crippen LogP contribution in [-0.2, 0) is 0 Å². The zero-order chi connectivity index (χ0) is 15.8. The fourth-order valence-corrected chi connectivity index (χ4v) is 4.41. The number of rotatable bonds is 2. The van der Waals surface area contributed by atoms with E-state index in [1.807, 2.05) is 23.1 Å². The minimum atomic E-state index is -0.0403. The number of likely N-dealkylation sites (tertiary alicyclic amines) is 1. The van der Waals surface area contributed by atoms with Crippen molar-refractivity contribution in [1.29, 1.82) is 0 Å². The smallest absolute Gasteiger partial charge is 0.289 e. The standard InChI is InChI=1S/C17H15BrN2O2S/c18-15-8-7-13(22-15)17(21)20-9-3-4-11(10-20)16-19-12-5-1-2-6-14(12)23-16/h1-2,5-8,11H,3-4,9-10H2/t11-/m1/s1. The van der Waals surface area contributed by atoms with Crippen LogP contribution in [0, 0.1) is 0 Å². The minimum absolute atomic E-state index is 0.0403. The van der Waals surface area contributed by atoms with Crippen LogP contribution in [0.3, 0.4) is 0 Å². The van der Waals surface area contributed by atoms with E-state index in [1.54, 1.807) is 23.5 Å². The molecular weight excluding hydrogens is 376 g/mol. The molecule has 0 bridgehead atoms. The third-order valence-electron chi connectivity index (χ3n) is 4.15. The molecule has 118 valence electrons. The number of nitrogens with zero attached hydrogens (tertiary/aromatic N) is 2. The second kappa shape index (κ2) is 6.09. The number of carbonyl (C=O) groups is 1. The second-order valence-corrected chi connectivity index (χ2v) is 7.56. The number of carbonyl (C=O) groups excluding carboxylic acids is 1. The second-order valence-electron chi connectivity index (χ2n) is 5.71. The van der Waals surface area contributed by atoms with Crippen LogP contribution in [0.5, 0.6) is 0 Å². The van der Waals surface area contributed by atoms with Crippen LogP contribution in [0.1, 0.15) is 34.3 Å². The molecule has 3 aromatic rings. The van der Waals surface area contributed by atoms with Crippen molar-refractivity contribution >= 4 is 43.4 Å². The first-order chi connectivity index (χ1) is 11.2. The fraction of sp³-hybridized carbons (Fsp3) is 0.294. The molecule has 1 aliphatic heterocycles. The Balaban J connectivity index is 1.55. The van der Waals surface area contributed by atoms with E-state index in [2.05, 4.69) is 22.0 Å². The molecule has 1 saturated heterocycles. The Kier molecular flexibility index (Phi) is 3.95. The number of benzene rings is 1. The Labute approximate surface area is 146 Å². The van der Waals surface area contributed by atoms with Gasteiger partial charge in [0.15, 0.2) is 10.4 Å². The third-order valence-corrected chi connectivity index (χ3v) is 5.78. The van der Waals surface area contributed by atoms with Gasteiger partial charge in [-0.3, -0.25) is 4.79 Å². The summed E-state index contributed by atoms with van der Waals surface area (Å²) in [5, 5.41) is 1.13. The van der Waals surface area contributed by atoms with E-state index in [4.69, 9.17) is 9.40 Å². The number of amides is 1. The van der Waals surface area contributed by atoms with Gasteiger partial charge < -0.3 is 9.32 Å². The monoisotopic (exact) mass is 390 g/mol. The van der Waals surface area contributed by atoms with E-state index < -0.39 is 0 Å². The summed E-state index contributed by atoms with van der Waals surface area (Å²) in [4.78, 5) is 19.2. The van der Waals surface area contributed by atoms with Gasteiger partial charge in [0.2, 0.25) is 0 Å². The fourth-order valence-electron chi connectivity index (χ4n) is 3.01. The van der Waals surface area contributed by atoms with Crippen molar-refractivity contribution < 1.29 is 9.21 Å². The average molecular weight is 391 g/mol. The SMILES string of the molecule is O=C(c1ccc(Br)o1)N1CCC[C@@H](c2nc3ccccc3s2)C1. The van der Waals surface area contributed by atoms with Gasteiger partial charge in [0.1, 0.15) is 0 Å². The van der Waals surface area contributed by atoms with Gasteiger partial charge in [0, 0.05) is 19.0 Å². The Morgan fingerprint density at radius 2 is 2.17 bits per heavy atom. The molecule has 23 heavy (non-hydrogen) atoms. The maximum atomic E-state index is 12.6. The van der Waals surface area contributed by atoms with Gasteiger partial charge in [-0.1, -0.05) is 12.1 Å². The number of piperidine rings is 1. The molecular formula is C17H15BrN2O2S. The van der Waals surface area contributed by atoms with Crippen LogP contribution in [0.25, 0.3) is 10.2 Å². The van der Waals surface area contributed by atoms with E-state index in [-0.39, 0.29) is 5.91 Å². The Bertz CT molecular complexity index is 824. The summed E-state index contributed by atoms with van der Waals surface area (Å²) in [5.41, 5.74) is 1.05. The van der Waals surface area contributed by atoms with Gasteiger partial charge in [-0.15, -0.1) is 11.3 Å². The molecule has 1 fully saturated rings. The maximum absolute atomic E-state index is 12.6. The summed E-state index contributed by atoms with van der Waals surface area (Å²) in [6, 6.07) is 11.7. The first kappa shape index (κ1) is 14.9. The number of thiazole rings is 1. The summed E-state index contributed by atoms with van der Waals surface area (Å²) in [6.45, 7) is 1.48. The normalized spacial score (nSPS) is 18.5. The van der Waals surface area contributed by atoms with Crippen LogP contribution in [-0.4, -0.2) is 28.9 Å². The predicted molar refractivity (Wildman–Crippen MR) is 93.9 cm³/mol. The van der Waals surface area contributed by atoms with Crippen LogP contribution >= 0.6 is 27.3 Å². The Morgan fingerprint density at radius 3 is 2.96 bits per heavy atom. The zero-order valence-corrected chi connectivity index (χ0v) is 14.8. The van der Waals surface area contributed by atoms with Crippen molar-refractivity contribution in [2.75, 3.05) is 13.1 Å². The zero-order valence-electron chi connectivity index (χ0n) is 12.4. The van der Waals surface area contributed by atoms with Crippen molar-refractivity contribution in [3.05, 3.63) is 51.8 Å². The molecule has 4 nitrogen and oxygen atoms in total. The number of aromatic nitrogens is 1. The molecule has 1 aliphatic rings. The largest absolute Gasteiger partial charge is 0.444 e. The molecule has 0 aliphatic carbocycles. The maximum Gasteiger partial charge on any atom is 0.289 e. The highest BCUT2D eigenvalue weighted by Crippen LogP contribution is 2.33. The number of para-hydroxylation sites is 1. The molecule has 1 aromatic carbocycles. The Hall–Kier alpha value is -1.66. The highest BCUT2D eigenvalue weighted by Gasteiger charge is 2.28. The van der Waals surface area contributed by atoms with Gasteiger partial charge in [-0.2, -0.15) is 0 Å².